The molecule has 3 rings (SSSR count). The number of carboxylic acid groups (broad SMARTS) is 1. The molecule has 0 bridgehead atoms. The number of ether oxygens (including phenoxy) is 1. The molecule has 1 aliphatic rings. The van der Waals surface area contributed by atoms with Crippen LogP contribution in [0.25, 0.3) is 6.08 Å². The van der Waals surface area contributed by atoms with Crippen LogP contribution in [0.3, 0.4) is 0 Å². The average molecular weight is 420 g/mol. The molecule has 1 atom stereocenters. The highest BCUT2D eigenvalue weighted by atomic mass is 16.5. The van der Waals surface area contributed by atoms with Gasteiger partial charge in [-0.25, -0.2) is 0 Å². The summed E-state index contributed by atoms with van der Waals surface area (Å²) in [7, 11) is 1.50. The molecule has 0 radical (unpaired) electrons. The van der Waals surface area contributed by atoms with Crippen LogP contribution in [0, 0.1) is 0 Å². The molecule has 2 aromatic carbocycles. The second-order valence-electron chi connectivity index (χ2n) is 7.02. The van der Waals surface area contributed by atoms with Crippen LogP contribution < -0.4 is 9.84 Å². The van der Waals surface area contributed by atoms with Crippen molar-refractivity contribution >= 4 is 23.7 Å². The Kier molecular flexibility index (Phi) is 6.87. The average Bonchev–Trinajstić information content (AvgIpc) is 3.03. The first-order valence-electron chi connectivity index (χ1n) is 9.77. The fraction of sp³-hybridized carbons (Fsp3) is 0.208. The minimum atomic E-state index is -1.23. The van der Waals surface area contributed by atoms with E-state index in [-0.39, 0.29) is 25.0 Å². The molecule has 0 saturated heterocycles. The van der Waals surface area contributed by atoms with E-state index in [1.807, 2.05) is 30.3 Å². The molecule has 2 aromatic rings. The molecular weight excluding hydrogens is 398 g/mol. The Morgan fingerprint density at radius 1 is 1.16 bits per heavy atom. The molecule has 1 aliphatic heterocycles. The first-order valence-corrected chi connectivity index (χ1v) is 9.77. The van der Waals surface area contributed by atoms with E-state index in [2.05, 4.69) is 0 Å². The number of carbonyl (C=O) groups excluding carboxylic acids is 3. The summed E-state index contributed by atoms with van der Waals surface area (Å²) < 4.78 is 5.25. The predicted molar refractivity (Wildman–Crippen MR) is 112 cm³/mol. The first-order chi connectivity index (χ1) is 14.9. The number of carboxylic acids is 1. The largest absolute Gasteiger partial charge is 0.550 e. The molecule has 7 heteroatoms. The third kappa shape index (κ3) is 5.01. The maximum Gasteiger partial charge on any atom is 0.290 e. The van der Waals surface area contributed by atoms with Gasteiger partial charge in [0.15, 0.2) is 11.5 Å². The summed E-state index contributed by atoms with van der Waals surface area (Å²) in [5, 5.41) is 21.3. The van der Waals surface area contributed by atoms with E-state index in [1.165, 1.54) is 18.1 Å². The van der Waals surface area contributed by atoms with E-state index in [9.17, 15) is 24.6 Å². The summed E-state index contributed by atoms with van der Waals surface area (Å²) >= 11 is 0. The zero-order chi connectivity index (χ0) is 22.4. The van der Waals surface area contributed by atoms with E-state index in [1.54, 1.807) is 30.3 Å². The molecule has 1 N–H and O–H groups in total. The van der Waals surface area contributed by atoms with E-state index in [0.29, 0.717) is 11.3 Å². The number of amides is 1. The minimum Gasteiger partial charge on any atom is -0.550 e. The molecule has 0 saturated carbocycles. The number of ketones is 1. The van der Waals surface area contributed by atoms with Crippen molar-refractivity contribution in [1.29, 1.82) is 0 Å². The fourth-order valence-corrected chi connectivity index (χ4v) is 3.51. The topological polar surface area (TPSA) is 107 Å². The zero-order valence-electron chi connectivity index (χ0n) is 17.0. The van der Waals surface area contributed by atoms with Crippen LogP contribution in [0.2, 0.25) is 0 Å². The van der Waals surface area contributed by atoms with Crippen LogP contribution in [0.15, 0.2) is 72.0 Å². The Labute approximate surface area is 179 Å². The Bertz CT molecular complexity index is 1040. The summed E-state index contributed by atoms with van der Waals surface area (Å²) in [6.07, 6.45) is 2.80. The maximum atomic E-state index is 13.0. The standard InChI is InChI=1S/C24H23NO6/c1-31-18-10-5-9-17(15-18)22-21(19(26)13-12-16-7-3-2-4-8-16)23(29)24(30)25(22)14-6-11-20(27)28/h2-5,7-10,12-13,15,22,29H,6,11,14H2,1H3,(H,27,28)/p-1/b13-12+/t22-/m1/s1. The number of allylic oxidation sites excluding steroid dienone is 1. The van der Waals surface area contributed by atoms with Crippen molar-refractivity contribution in [2.75, 3.05) is 13.7 Å². The molecule has 0 fully saturated rings. The number of aliphatic hydroxyl groups is 1. The van der Waals surface area contributed by atoms with Crippen molar-refractivity contribution in [3.05, 3.63) is 83.1 Å². The first kappa shape index (κ1) is 21.8. The third-order valence-corrected chi connectivity index (χ3v) is 4.99. The zero-order valence-corrected chi connectivity index (χ0v) is 17.0. The van der Waals surface area contributed by atoms with Gasteiger partial charge in [0.1, 0.15) is 5.75 Å². The number of hydrogen-bond donors (Lipinski definition) is 1. The maximum absolute atomic E-state index is 13.0. The number of aliphatic carboxylic acids is 1. The lowest BCUT2D eigenvalue weighted by Gasteiger charge is -2.27. The van der Waals surface area contributed by atoms with Gasteiger partial charge in [-0.15, -0.1) is 0 Å². The molecule has 160 valence electrons. The van der Waals surface area contributed by atoms with E-state index in [4.69, 9.17) is 4.74 Å². The summed E-state index contributed by atoms with van der Waals surface area (Å²) in [6.45, 7) is 0.0396. The van der Waals surface area contributed by atoms with Gasteiger partial charge >= 0.3 is 0 Å². The Morgan fingerprint density at radius 3 is 2.58 bits per heavy atom. The minimum absolute atomic E-state index is 0.0396. The van der Waals surface area contributed by atoms with Gasteiger partial charge < -0.3 is 24.6 Å². The molecule has 0 unspecified atom stereocenters. The van der Waals surface area contributed by atoms with Crippen molar-refractivity contribution in [2.24, 2.45) is 0 Å². The van der Waals surface area contributed by atoms with E-state index in [0.717, 1.165) is 5.56 Å². The number of nitrogens with zero attached hydrogens (tertiary/aromatic N) is 1. The number of methoxy groups -OCH3 is 1. The lowest BCUT2D eigenvalue weighted by Crippen LogP contribution is -2.33. The summed E-state index contributed by atoms with van der Waals surface area (Å²) in [6, 6.07) is 15.1. The SMILES string of the molecule is COc1cccc([C@@H]2C(C(=O)/C=C/c3ccccc3)=C(O)C(=O)N2CCCC(=O)[O-])c1. The molecule has 1 heterocycles. The van der Waals surface area contributed by atoms with Crippen LogP contribution in [-0.4, -0.2) is 41.3 Å². The summed E-state index contributed by atoms with van der Waals surface area (Å²) in [4.78, 5) is 37.9. The highest BCUT2D eigenvalue weighted by Gasteiger charge is 2.42. The molecule has 31 heavy (non-hydrogen) atoms. The molecule has 0 spiro atoms. The number of carbonyl (C=O) groups is 3. The lowest BCUT2D eigenvalue weighted by atomic mass is 9.95. The third-order valence-electron chi connectivity index (χ3n) is 4.99. The number of hydrogen-bond acceptors (Lipinski definition) is 6. The van der Waals surface area contributed by atoms with Crippen molar-refractivity contribution < 1.29 is 29.3 Å². The Morgan fingerprint density at radius 2 is 1.90 bits per heavy atom. The van der Waals surface area contributed by atoms with Gasteiger partial charge in [0, 0.05) is 12.5 Å². The summed E-state index contributed by atoms with van der Waals surface area (Å²) in [5.74, 6) is -2.57. The van der Waals surface area contributed by atoms with Crippen molar-refractivity contribution in [2.45, 2.75) is 18.9 Å². The molecular formula is C24H22NO6-. The van der Waals surface area contributed by atoms with Crippen LogP contribution in [-0.2, 0) is 14.4 Å². The Hall–Kier alpha value is -3.87. The van der Waals surface area contributed by atoms with Crippen molar-refractivity contribution in [3.63, 3.8) is 0 Å². The van der Waals surface area contributed by atoms with Crippen LogP contribution in [0.4, 0.5) is 0 Å². The van der Waals surface area contributed by atoms with Gasteiger partial charge in [-0.2, -0.15) is 0 Å². The van der Waals surface area contributed by atoms with Gasteiger partial charge in [0.25, 0.3) is 5.91 Å². The van der Waals surface area contributed by atoms with E-state index < -0.39 is 29.5 Å². The van der Waals surface area contributed by atoms with Gasteiger partial charge in [-0.1, -0.05) is 48.5 Å². The monoisotopic (exact) mass is 420 g/mol. The molecule has 1 amide bonds. The quantitative estimate of drug-likeness (QED) is 0.624. The second-order valence-corrected chi connectivity index (χ2v) is 7.02. The number of benzene rings is 2. The highest BCUT2D eigenvalue weighted by molar-refractivity contribution is 6.14. The Balaban J connectivity index is 1.97. The van der Waals surface area contributed by atoms with Crippen molar-refractivity contribution in [1.82, 2.24) is 4.90 Å². The van der Waals surface area contributed by atoms with Gasteiger partial charge in [0.2, 0.25) is 0 Å². The van der Waals surface area contributed by atoms with Crippen molar-refractivity contribution in [3.8, 4) is 5.75 Å². The summed E-state index contributed by atoms with van der Waals surface area (Å²) in [5.41, 5.74) is 1.31. The van der Waals surface area contributed by atoms with Crippen LogP contribution in [0.5, 0.6) is 5.75 Å². The molecule has 0 aromatic heterocycles. The van der Waals surface area contributed by atoms with Crippen LogP contribution >= 0.6 is 0 Å². The fourth-order valence-electron chi connectivity index (χ4n) is 3.51. The van der Waals surface area contributed by atoms with Gasteiger partial charge in [-0.3, -0.25) is 9.59 Å². The van der Waals surface area contributed by atoms with Gasteiger partial charge in [-0.05, 0) is 42.2 Å². The van der Waals surface area contributed by atoms with Gasteiger partial charge in [0.05, 0.1) is 18.7 Å². The smallest absolute Gasteiger partial charge is 0.290 e. The second kappa shape index (κ2) is 9.75. The normalized spacial score (nSPS) is 16.2. The lowest BCUT2D eigenvalue weighted by molar-refractivity contribution is -0.305. The number of rotatable bonds is 9. The predicted octanol–water partition coefficient (Wildman–Crippen LogP) is 2.20. The van der Waals surface area contributed by atoms with Crippen LogP contribution in [0.1, 0.15) is 30.0 Å². The highest BCUT2D eigenvalue weighted by Crippen LogP contribution is 2.39. The van der Waals surface area contributed by atoms with E-state index >= 15 is 0 Å². The molecule has 7 nitrogen and oxygen atoms in total. The molecule has 0 aliphatic carbocycles. The number of aliphatic hydroxyl groups excluding tert-OH is 1.